The molecule has 1 fully saturated rings. The Labute approximate surface area is 152 Å². The number of halogens is 12. The van der Waals surface area contributed by atoms with E-state index in [9.17, 15) is 52.7 Å². The van der Waals surface area contributed by atoms with Crippen molar-refractivity contribution in [3.63, 3.8) is 0 Å². The van der Waals surface area contributed by atoms with Crippen LogP contribution in [0.5, 0.6) is 0 Å². The van der Waals surface area contributed by atoms with Gasteiger partial charge in [0, 0.05) is 0 Å². The predicted octanol–water partition coefficient (Wildman–Crippen LogP) is 5.32. The monoisotopic (exact) mass is 449 g/mol. The average molecular weight is 449 g/mol. The summed E-state index contributed by atoms with van der Waals surface area (Å²) in [5.41, 5.74) is -6.22. The number of benzene rings is 1. The number of rotatable bonds is 2. The van der Waals surface area contributed by atoms with Gasteiger partial charge in [0.25, 0.3) is 0 Å². The molecule has 1 heterocycles. The van der Waals surface area contributed by atoms with Crippen LogP contribution >= 0.6 is 0 Å². The Balaban J connectivity index is 2.76. The minimum Gasteiger partial charge on any atom is -0.429 e. The van der Waals surface area contributed by atoms with E-state index < -0.39 is 48.5 Å². The summed E-state index contributed by atoms with van der Waals surface area (Å²) in [7, 11) is 0. The van der Waals surface area contributed by atoms with E-state index >= 15 is 0 Å². The molecule has 1 aromatic carbocycles. The maximum absolute atomic E-state index is 13.3. The normalized spacial score (nSPS) is 21.3. The SMILES string of the molecule is FC(F)(F)C1(C(F)(F)F)OC(=NCc2ccccc2)C(C(F)(F)F)(C(F)(F)F)O1. The lowest BCUT2D eigenvalue weighted by atomic mass is 10.0. The summed E-state index contributed by atoms with van der Waals surface area (Å²) in [5.74, 6) is -9.20. The van der Waals surface area contributed by atoms with Gasteiger partial charge in [-0.25, -0.2) is 4.99 Å². The van der Waals surface area contributed by atoms with Crippen molar-refractivity contribution in [1.82, 2.24) is 0 Å². The molecule has 0 unspecified atom stereocenters. The van der Waals surface area contributed by atoms with Crippen LogP contribution in [-0.2, 0) is 16.0 Å². The molecule has 3 nitrogen and oxygen atoms in total. The maximum atomic E-state index is 13.3. The second kappa shape index (κ2) is 6.67. The molecule has 0 amide bonds. The zero-order valence-corrected chi connectivity index (χ0v) is 13.4. The van der Waals surface area contributed by atoms with Crippen molar-refractivity contribution in [1.29, 1.82) is 0 Å². The average Bonchev–Trinajstić information content (AvgIpc) is 2.91. The van der Waals surface area contributed by atoms with E-state index in [2.05, 4.69) is 14.5 Å². The van der Waals surface area contributed by atoms with Crippen molar-refractivity contribution >= 4 is 5.90 Å². The third-order valence-corrected chi connectivity index (χ3v) is 3.63. The van der Waals surface area contributed by atoms with Crippen molar-refractivity contribution in [2.45, 2.75) is 42.6 Å². The molecule has 164 valence electrons. The second-order valence-corrected chi connectivity index (χ2v) is 5.60. The highest BCUT2D eigenvalue weighted by atomic mass is 19.4. The van der Waals surface area contributed by atoms with E-state index in [-0.39, 0.29) is 5.56 Å². The highest BCUT2D eigenvalue weighted by Crippen LogP contribution is 2.60. The van der Waals surface area contributed by atoms with Gasteiger partial charge in [-0.05, 0) is 5.56 Å². The number of alkyl halides is 12. The van der Waals surface area contributed by atoms with Gasteiger partial charge in [0.2, 0.25) is 5.90 Å². The van der Waals surface area contributed by atoms with Crippen LogP contribution in [-0.4, -0.2) is 42.0 Å². The molecule has 2 rings (SSSR count). The quantitative estimate of drug-likeness (QED) is 0.573. The maximum Gasteiger partial charge on any atom is 0.465 e. The van der Waals surface area contributed by atoms with Gasteiger partial charge in [0.1, 0.15) is 0 Å². The van der Waals surface area contributed by atoms with E-state index in [1.54, 1.807) is 0 Å². The van der Waals surface area contributed by atoms with Gasteiger partial charge < -0.3 is 4.74 Å². The minimum absolute atomic E-state index is 0.127. The fraction of sp³-hybridized carbons (Fsp3) is 0.500. The van der Waals surface area contributed by atoms with Gasteiger partial charge >= 0.3 is 36.1 Å². The first-order valence-corrected chi connectivity index (χ1v) is 7.14. The van der Waals surface area contributed by atoms with Gasteiger partial charge in [-0.2, -0.15) is 52.7 Å². The molecule has 0 aliphatic carbocycles. The Morgan fingerprint density at radius 2 is 1.14 bits per heavy atom. The molecule has 1 aromatic rings. The molecule has 1 aliphatic heterocycles. The van der Waals surface area contributed by atoms with E-state index in [1.807, 2.05) is 0 Å². The van der Waals surface area contributed by atoms with Gasteiger partial charge in [-0.3, -0.25) is 4.74 Å². The Kier molecular flexibility index (Phi) is 5.31. The molecular weight excluding hydrogens is 442 g/mol. The van der Waals surface area contributed by atoms with Gasteiger partial charge in [-0.15, -0.1) is 0 Å². The van der Waals surface area contributed by atoms with Crippen LogP contribution in [0.2, 0.25) is 0 Å². The topological polar surface area (TPSA) is 30.8 Å². The van der Waals surface area contributed by atoms with Crippen LogP contribution in [0.4, 0.5) is 52.7 Å². The molecule has 0 radical (unpaired) electrons. The van der Waals surface area contributed by atoms with Crippen LogP contribution < -0.4 is 0 Å². The zero-order valence-electron chi connectivity index (χ0n) is 13.4. The molecule has 0 N–H and O–H groups in total. The lowest BCUT2D eigenvalue weighted by Crippen LogP contribution is -2.65. The molecule has 1 saturated heterocycles. The molecule has 0 spiro atoms. The molecule has 0 aromatic heterocycles. The number of hydrogen-bond acceptors (Lipinski definition) is 3. The fourth-order valence-electron chi connectivity index (χ4n) is 2.29. The van der Waals surface area contributed by atoms with Crippen LogP contribution in [0.25, 0.3) is 0 Å². The summed E-state index contributed by atoms with van der Waals surface area (Å²) >= 11 is 0. The number of aliphatic imine (C=N–C) groups is 1. The Hall–Kier alpha value is -2.19. The van der Waals surface area contributed by atoms with Crippen molar-refractivity contribution < 1.29 is 62.2 Å². The van der Waals surface area contributed by atoms with Crippen LogP contribution in [0.15, 0.2) is 35.3 Å². The number of hydrogen-bond donors (Lipinski definition) is 0. The smallest absolute Gasteiger partial charge is 0.429 e. The third kappa shape index (κ3) is 3.59. The Morgan fingerprint density at radius 1 is 0.690 bits per heavy atom. The van der Waals surface area contributed by atoms with Crippen molar-refractivity contribution in [3.05, 3.63) is 35.9 Å². The lowest BCUT2D eigenvalue weighted by Gasteiger charge is -2.34. The zero-order chi connectivity index (χ0) is 22.5. The van der Waals surface area contributed by atoms with Gasteiger partial charge in [0.15, 0.2) is 0 Å². The van der Waals surface area contributed by atoms with Gasteiger partial charge in [-0.1, -0.05) is 30.3 Å². The summed E-state index contributed by atoms with van der Waals surface area (Å²) in [6, 6.07) is 6.07. The largest absolute Gasteiger partial charge is 0.465 e. The van der Waals surface area contributed by atoms with E-state index in [0.717, 1.165) is 12.1 Å². The summed E-state index contributed by atoms with van der Waals surface area (Å²) in [4.78, 5) is 2.63. The van der Waals surface area contributed by atoms with E-state index in [4.69, 9.17) is 0 Å². The first-order valence-electron chi connectivity index (χ1n) is 7.14. The fourth-order valence-corrected chi connectivity index (χ4v) is 2.29. The summed E-state index contributed by atoms with van der Waals surface area (Å²) in [6.45, 7) is -1.15. The highest BCUT2D eigenvalue weighted by Gasteiger charge is 2.91. The van der Waals surface area contributed by atoms with Gasteiger partial charge in [0.05, 0.1) is 6.54 Å². The van der Waals surface area contributed by atoms with Crippen molar-refractivity contribution in [2.24, 2.45) is 4.99 Å². The Bertz CT molecular complexity index is 732. The minimum atomic E-state index is -6.86. The van der Waals surface area contributed by atoms with E-state index in [1.165, 1.54) is 18.2 Å². The van der Waals surface area contributed by atoms with Crippen molar-refractivity contribution in [2.75, 3.05) is 0 Å². The predicted molar refractivity (Wildman–Crippen MR) is 69.4 cm³/mol. The molecular formula is C14H7F12NO2. The third-order valence-electron chi connectivity index (χ3n) is 3.63. The van der Waals surface area contributed by atoms with E-state index in [0.29, 0.717) is 0 Å². The van der Waals surface area contributed by atoms with Crippen molar-refractivity contribution in [3.8, 4) is 0 Å². The highest BCUT2D eigenvalue weighted by molar-refractivity contribution is 5.89. The Morgan fingerprint density at radius 3 is 1.52 bits per heavy atom. The lowest BCUT2D eigenvalue weighted by molar-refractivity contribution is -0.473. The molecule has 0 bridgehead atoms. The molecule has 0 atom stereocenters. The summed E-state index contributed by atoms with van der Waals surface area (Å²) < 4.78 is 164. The number of ether oxygens (including phenoxy) is 2. The molecule has 29 heavy (non-hydrogen) atoms. The van der Waals surface area contributed by atoms with Crippen LogP contribution in [0.1, 0.15) is 5.56 Å². The number of nitrogens with zero attached hydrogens (tertiary/aromatic N) is 1. The molecule has 0 saturated carbocycles. The van der Waals surface area contributed by atoms with Crippen LogP contribution in [0, 0.1) is 0 Å². The first-order chi connectivity index (χ1) is 12.9. The summed E-state index contributed by atoms with van der Waals surface area (Å²) in [6.07, 6.45) is -27.4. The standard InChI is InChI=1S/C14H7F12NO2/c15-11(16,17)9(12(18,19)20)8(27-6-7-4-2-1-3-5-7)28-10(29-9,13(21,22)23)14(24,25)26/h1-5H,6H2. The second-order valence-electron chi connectivity index (χ2n) is 5.60. The summed E-state index contributed by atoms with van der Waals surface area (Å²) in [5, 5.41) is 0. The molecule has 1 aliphatic rings. The first kappa shape index (κ1) is 23.1. The molecule has 15 heteroatoms. The van der Waals surface area contributed by atoms with Crippen LogP contribution in [0.3, 0.4) is 0 Å².